The number of thiazole rings is 1. The fourth-order valence-electron chi connectivity index (χ4n) is 2.97. The van der Waals surface area contributed by atoms with Crippen molar-refractivity contribution in [1.29, 1.82) is 0 Å². The van der Waals surface area contributed by atoms with Crippen LogP contribution in [0.5, 0.6) is 5.75 Å². The van der Waals surface area contributed by atoms with E-state index in [0.717, 1.165) is 42.9 Å². The maximum absolute atomic E-state index is 12.6. The Balaban J connectivity index is 1.44. The SMILES string of the molecule is CCOc1ccc2nc(N3CCN(C(=O)c4ccc(Br)s4)CC3)sc2c1. The van der Waals surface area contributed by atoms with E-state index in [2.05, 4.69) is 26.9 Å². The number of halogens is 1. The molecule has 0 atom stereocenters. The van der Waals surface area contributed by atoms with Crippen molar-refractivity contribution in [2.75, 3.05) is 37.7 Å². The molecular formula is C18H18BrN3O2S2. The van der Waals surface area contributed by atoms with Gasteiger partial charge in [-0.05, 0) is 53.2 Å². The molecule has 136 valence electrons. The predicted molar refractivity (Wildman–Crippen MR) is 111 cm³/mol. The Morgan fingerprint density at radius 1 is 1.19 bits per heavy atom. The summed E-state index contributed by atoms with van der Waals surface area (Å²) < 4.78 is 7.69. The number of carbonyl (C=O) groups is 1. The van der Waals surface area contributed by atoms with Gasteiger partial charge in [0, 0.05) is 26.2 Å². The van der Waals surface area contributed by atoms with E-state index in [9.17, 15) is 4.79 Å². The first-order chi connectivity index (χ1) is 12.6. The minimum atomic E-state index is 0.117. The van der Waals surface area contributed by atoms with E-state index < -0.39 is 0 Å². The summed E-state index contributed by atoms with van der Waals surface area (Å²) in [6, 6.07) is 9.83. The van der Waals surface area contributed by atoms with Gasteiger partial charge < -0.3 is 14.5 Å². The second-order valence-electron chi connectivity index (χ2n) is 5.94. The lowest BCUT2D eigenvalue weighted by Gasteiger charge is -2.34. The van der Waals surface area contributed by atoms with Gasteiger partial charge in [-0.15, -0.1) is 11.3 Å². The first-order valence-electron chi connectivity index (χ1n) is 8.47. The highest BCUT2D eigenvalue weighted by molar-refractivity contribution is 9.11. The number of fused-ring (bicyclic) bond motifs is 1. The maximum atomic E-state index is 12.6. The number of hydrogen-bond donors (Lipinski definition) is 0. The number of anilines is 1. The van der Waals surface area contributed by atoms with Crippen molar-refractivity contribution in [2.45, 2.75) is 6.92 Å². The smallest absolute Gasteiger partial charge is 0.264 e. The average Bonchev–Trinajstić information content (AvgIpc) is 3.27. The van der Waals surface area contributed by atoms with E-state index in [1.807, 2.05) is 36.1 Å². The summed E-state index contributed by atoms with van der Waals surface area (Å²) >= 11 is 6.58. The van der Waals surface area contributed by atoms with Gasteiger partial charge >= 0.3 is 0 Å². The lowest BCUT2D eigenvalue weighted by molar-refractivity contribution is 0.0751. The third kappa shape index (κ3) is 3.58. The number of aromatic nitrogens is 1. The van der Waals surface area contributed by atoms with E-state index in [4.69, 9.17) is 9.72 Å². The molecule has 0 N–H and O–H groups in total. The Labute approximate surface area is 168 Å². The Bertz CT molecular complexity index is 932. The van der Waals surface area contributed by atoms with Gasteiger partial charge in [0.1, 0.15) is 5.75 Å². The molecule has 0 aliphatic carbocycles. The van der Waals surface area contributed by atoms with Gasteiger partial charge in [-0.25, -0.2) is 4.98 Å². The van der Waals surface area contributed by atoms with Crippen LogP contribution in [-0.2, 0) is 0 Å². The molecule has 3 aromatic rings. The normalized spacial score (nSPS) is 14.8. The molecule has 1 aliphatic heterocycles. The molecule has 5 nitrogen and oxygen atoms in total. The van der Waals surface area contributed by atoms with Crippen LogP contribution < -0.4 is 9.64 Å². The van der Waals surface area contributed by atoms with Crippen LogP contribution in [0, 0.1) is 0 Å². The summed E-state index contributed by atoms with van der Waals surface area (Å²) in [6.07, 6.45) is 0. The zero-order chi connectivity index (χ0) is 18.1. The lowest BCUT2D eigenvalue weighted by atomic mass is 10.3. The molecule has 0 spiro atoms. The van der Waals surface area contributed by atoms with Crippen molar-refractivity contribution < 1.29 is 9.53 Å². The third-order valence-corrected chi connectivity index (χ3v) is 6.97. The number of piperazine rings is 1. The summed E-state index contributed by atoms with van der Waals surface area (Å²) in [4.78, 5) is 22.3. The van der Waals surface area contributed by atoms with Crippen LogP contribution in [-0.4, -0.2) is 48.6 Å². The Hall–Kier alpha value is -1.64. The van der Waals surface area contributed by atoms with Crippen molar-refractivity contribution in [3.8, 4) is 5.75 Å². The Kier molecular flexibility index (Phi) is 5.15. The minimum absolute atomic E-state index is 0.117. The van der Waals surface area contributed by atoms with E-state index >= 15 is 0 Å². The van der Waals surface area contributed by atoms with Crippen LogP contribution in [0.2, 0.25) is 0 Å². The van der Waals surface area contributed by atoms with Crippen molar-refractivity contribution in [1.82, 2.24) is 9.88 Å². The van der Waals surface area contributed by atoms with Gasteiger partial charge in [0.05, 0.1) is 25.5 Å². The zero-order valence-electron chi connectivity index (χ0n) is 14.3. The lowest BCUT2D eigenvalue weighted by Crippen LogP contribution is -2.48. The Morgan fingerprint density at radius 2 is 2.00 bits per heavy atom. The van der Waals surface area contributed by atoms with Crippen LogP contribution in [0.15, 0.2) is 34.1 Å². The summed E-state index contributed by atoms with van der Waals surface area (Å²) in [5.74, 6) is 0.999. The fraction of sp³-hybridized carbons (Fsp3) is 0.333. The highest BCUT2D eigenvalue weighted by Crippen LogP contribution is 2.32. The number of ether oxygens (including phenoxy) is 1. The van der Waals surface area contributed by atoms with Gasteiger partial charge in [-0.3, -0.25) is 4.79 Å². The molecule has 0 bridgehead atoms. The second kappa shape index (κ2) is 7.54. The molecule has 8 heteroatoms. The molecule has 0 unspecified atom stereocenters. The molecule has 3 heterocycles. The van der Waals surface area contributed by atoms with E-state index in [-0.39, 0.29) is 5.91 Å². The Morgan fingerprint density at radius 3 is 2.69 bits per heavy atom. The zero-order valence-corrected chi connectivity index (χ0v) is 17.5. The fourth-order valence-corrected chi connectivity index (χ4v) is 5.37. The highest BCUT2D eigenvalue weighted by atomic mass is 79.9. The summed E-state index contributed by atoms with van der Waals surface area (Å²) in [7, 11) is 0. The van der Waals surface area contributed by atoms with E-state index in [1.54, 1.807) is 11.3 Å². The highest BCUT2D eigenvalue weighted by Gasteiger charge is 2.24. The standard InChI is InChI=1S/C18H18BrN3O2S2/c1-2-24-12-3-4-13-15(11-12)26-18(20-13)22-9-7-21(8-10-22)17(23)14-5-6-16(19)25-14/h3-6,11H,2,7-10H2,1H3. The summed E-state index contributed by atoms with van der Waals surface area (Å²) in [5.41, 5.74) is 0.996. The first kappa shape index (κ1) is 17.8. The average molecular weight is 452 g/mol. The maximum Gasteiger partial charge on any atom is 0.264 e. The van der Waals surface area contributed by atoms with Gasteiger partial charge in [0.25, 0.3) is 5.91 Å². The molecule has 1 aromatic carbocycles. The van der Waals surface area contributed by atoms with Crippen LogP contribution in [0.3, 0.4) is 0 Å². The van der Waals surface area contributed by atoms with Gasteiger partial charge in [-0.1, -0.05) is 11.3 Å². The van der Waals surface area contributed by atoms with Crippen molar-refractivity contribution in [3.05, 3.63) is 39.0 Å². The number of amides is 1. The molecule has 2 aromatic heterocycles. The molecule has 1 amide bonds. The number of carbonyl (C=O) groups excluding carboxylic acids is 1. The van der Waals surface area contributed by atoms with E-state index in [0.29, 0.717) is 19.7 Å². The molecule has 26 heavy (non-hydrogen) atoms. The van der Waals surface area contributed by atoms with Crippen LogP contribution >= 0.6 is 38.6 Å². The largest absolute Gasteiger partial charge is 0.494 e. The molecule has 0 saturated carbocycles. The minimum Gasteiger partial charge on any atom is -0.494 e. The number of benzene rings is 1. The molecule has 1 fully saturated rings. The van der Waals surface area contributed by atoms with Gasteiger partial charge in [-0.2, -0.15) is 0 Å². The van der Waals surface area contributed by atoms with Gasteiger partial charge in [0.2, 0.25) is 0 Å². The van der Waals surface area contributed by atoms with E-state index in [1.165, 1.54) is 11.3 Å². The topological polar surface area (TPSA) is 45.7 Å². The quantitative estimate of drug-likeness (QED) is 0.586. The van der Waals surface area contributed by atoms with Crippen molar-refractivity contribution in [3.63, 3.8) is 0 Å². The van der Waals surface area contributed by atoms with Crippen LogP contribution in [0.1, 0.15) is 16.6 Å². The first-order valence-corrected chi connectivity index (χ1v) is 10.9. The third-order valence-electron chi connectivity index (χ3n) is 4.28. The van der Waals surface area contributed by atoms with Gasteiger partial charge in [0.15, 0.2) is 5.13 Å². The molecular weight excluding hydrogens is 434 g/mol. The molecule has 1 aliphatic rings. The molecule has 0 radical (unpaired) electrons. The van der Waals surface area contributed by atoms with Crippen LogP contribution in [0.25, 0.3) is 10.2 Å². The van der Waals surface area contributed by atoms with Crippen LogP contribution in [0.4, 0.5) is 5.13 Å². The monoisotopic (exact) mass is 451 g/mol. The van der Waals surface area contributed by atoms with Crippen molar-refractivity contribution >= 4 is 59.9 Å². The number of nitrogens with zero attached hydrogens (tertiary/aromatic N) is 3. The number of hydrogen-bond acceptors (Lipinski definition) is 6. The molecule has 1 saturated heterocycles. The molecule has 4 rings (SSSR count). The second-order valence-corrected chi connectivity index (χ2v) is 9.41. The summed E-state index contributed by atoms with van der Waals surface area (Å²) in [6.45, 7) is 5.68. The predicted octanol–water partition coefficient (Wildman–Crippen LogP) is 4.48. The summed E-state index contributed by atoms with van der Waals surface area (Å²) in [5, 5.41) is 1.01. The van der Waals surface area contributed by atoms with Crippen molar-refractivity contribution in [2.24, 2.45) is 0 Å². The number of rotatable bonds is 4. The number of thiophene rings is 1.